The standard InChI is InChI=1S/C12H11N3O2/c13-6-8-2-1-3-9(4-8)12(17)15-10-5-11(16)14-7-10/h1-4,10H,5,7H2,(H,14,16)(H,15,17). The van der Waals surface area contributed by atoms with Crippen molar-refractivity contribution in [2.45, 2.75) is 12.5 Å². The molecule has 2 amide bonds. The summed E-state index contributed by atoms with van der Waals surface area (Å²) >= 11 is 0. The molecule has 5 nitrogen and oxygen atoms in total. The van der Waals surface area contributed by atoms with Crippen LogP contribution in [0.15, 0.2) is 24.3 Å². The smallest absolute Gasteiger partial charge is 0.251 e. The fourth-order valence-electron chi connectivity index (χ4n) is 1.71. The minimum absolute atomic E-state index is 0.0546. The highest BCUT2D eigenvalue weighted by Crippen LogP contribution is 2.06. The fourth-order valence-corrected chi connectivity index (χ4v) is 1.71. The van der Waals surface area contributed by atoms with Crippen LogP contribution in [0.2, 0.25) is 0 Å². The zero-order valence-electron chi connectivity index (χ0n) is 9.06. The van der Waals surface area contributed by atoms with Crippen LogP contribution in [0.4, 0.5) is 0 Å². The molecule has 1 aromatic rings. The summed E-state index contributed by atoms with van der Waals surface area (Å²) in [5, 5.41) is 14.1. The number of hydrogen-bond acceptors (Lipinski definition) is 3. The summed E-state index contributed by atoms with van der Waals surface area (Å²) in [6, 6.07) is 8.27. The summed E-state index contributed by atoms with van der Waals surface area (Å²) in [7, 11) is 0. The van der Waals surface area contributed by atoms with Gasteiger partial charge in [-0.25, -0.2) is 0 Å². The van der Waals surface area contributed by atoms with Gasteiger partial charge in [0.05, 0.1) is 17.7 Å². The number of nitrogens with zero attached hydrogens (tertiary/aromatic N) is 1. The number of hydrogen-bond donors (Lipinski definition) is 2. The summed E-state index contributed by atoms with van der Waals surface area (Å²) in [5.41, 5.74) is 0.877. The maximum absolute atomic E-state index is 11.8. The molecule has 1 aliphatic rings. The molecule has 1 aromatic carbocycles. The number of benzene rings is 1. The molecule has 1 fully saturated rings. The Kier molecular flexibility index (Phi) is 3.06. The largest absolute Gasteiger partial charge is 0.354 e. The first-order chi connectivity index (χ1) is 8.19. The van der Waals surface area contributed by atoms with Crippen molar-refractivity contribution in [2.75, 3.05) is 6.54 Å². The number of nitriles is 1. The van der Waals surface area contributed by atoms with E-state index in [9.17, 15) is 9.59 Å². The normalized spacial score (nSPS) is 18.3. The van der Waals surface area contributed by atoms with E-state index in [1.165, 1.54) is 6.07 Å². The van der Waals surface area contributed by atoms with Gasteiger partial charge < -0.3 is 10.6 Å². The number of rotatable bonds is 2. The summed E-state index contributed by atoms with van der Waals surface area (Å²) < 4.78 is 0. The Morgan fingerprint density at radius 3 is 3.00 bits per heavy atom. The maximum Gasteiger partial charge on any atom is 0.251 e. The van der Waals surface area contributed by atoms with Crippen molar-refractivity contribution >= 4 is 11.8 Å². The second-order valence-electron chi connectivity index (χ2n) is 3.87. The second-order valence-corrected chi connectivity index (χ2v) is 3.87. The van der Waals surface area contributed by atoms with E-state index in [4.69, 9.17) is 5.26 Å². The summed E-state index contributed by atoms with van der Waals surface area (Å²) in [6.45, 7) is 0.461. The molecular weight excluding hydrogens is 218 g/mol. The van der Waals surface area contributed by atoms with E-state index >= 15 is 0 Å². The molecule has 0 radical (unpaired) electrons. The third kappa shape index (κ3) is 2.61. The number of nitrogens with one attached hydrogen (secondary N) is 2. The number of carbonyl (C=O) groups excluding carboxylic acids is 2. The van der Waals surface area contributed by atoms with Gasteiger partial charge in [0, 0.05) is 18.5 Å². The van der Waals surface area contributed by atoms with Gasteiger partial charge in [0.15, 0.2) is 0 Å². The molecule has 1 unspecified atom stereocenters. The molecule has 0 saturated carbocycles. The summed E-state index contributed by atoms with van der Waals surface area (Å²) in [6.07, 6.45) is 0.309. The number of amides is 2. The van der Waals surface area contributed by atoms with Crippen LogP contribution in [-0.2, 0) is 4.79 Å². The van der Waals surface area contributed by atoms with Gasteiger partial charge in [-0.2, -0.15) is 5.26 Å². The Bertz CT molecular complexity index is 505. The third-order valence-electron chi connectivity index (χ3n) is 2.57. The summed E-state index contributed by atoms with van der Waals surface area (Å²) in [5.74, 6) is -0.315. The van der Waals surface area contributed by atoms with E-state index in [0.29, 0.717) is 24.1 Å². The van der Waals surface area contributed by atoms with Crippen molar-refractivity contribution in [1.82, 2.24) is 10.6 Å². The lowest BCUT2D eigenvalue weighted by atomic mass is 10.1. The van der Waals surface area contributed by atoms with Gasteiger partial charge in [-0.15, -0.1) is 0 Å². The van der Waals surface area contributed by atoms with Gasteiger partial charge in [-0.05, 0) is 18.2 Å². The highest BCUT2D eigenvalue weighted by Gasteiger charge is 2.23. The third-order valence-corrected chi connectivity index (χ3v) is 2.57. The van der Waals surface area contributed by atoms with Gasteiger partial charge in [0.25, 0.3) is 5.91 Å². The highest BCUT2D eigenvalue weighted by molar-refractivity contribution is 5.95. The molecule has 17 heavy (non-hydrogen) atoms. The zero-order chi connectivity index (χ0) is 12.3. The average molecular weight is 229 g/mol. The van der Waals surface area contributed by atoms with Gasteiger partial charge in [-0.1, -0.05) is 6.07 Å². The Morgan fingerprint density at radius 2 is 2.35 bits per heavy atom. The molecule has 0 aliphatic carbocycles. The lowest BCUT2D eigenvalue weighted by molar-refractivity contribution is -0.119. The van der Waals surface area contributed by atoms with Crippen molar-refractivity contribution in [1.29, 1.82) is 5.26 Å². The van der Waals surface area contributed by atoms with Crippen LogP contribution in [0.3, 0.4) is 0 Å². The fraction of sp³-hybridized carbons (Fsp3) is 0.250. The van der Waals surface area contributed by atoms with Crippen LogP contribution in [0, 0.1) is 11.3 Å². The first-order valence-corrected chi connectivity index (χ1v) is 5.27. The van der Waals surface area contributed by atoms with Crippen molar-refractivity contribution in [2.24, 2.45) is 0 Å². The summed E-state index contributed by atoms with van der Waals surface area (Å²) in [4.78, 5) is 22.8. The van der Waals surface area contributed by atoms with Crippen molar-refractivity contribution in [3.05, 3.63) is 35.4 Å². The minimum Gasteiger partial charge on any atom is -0.354 e. The molecule has 0 bridgehead atoms. The van der Waals surface area contributed by atoms with E-state index in [0.717, 1.165) is 0 Å². The van der Waals surface area contributed by atoms with Crippen LogP contribution in [0.25, 0.3) is 0 Å². The van der Waals surface area contributed by atoms with Crippen LogP contribution < -0.4 is 10.6 Å². The molecule has 0 spiro atoms. The SMILES string of the molecule is N#Cc1cccc(C(=O)NC2CNC(=O)C2)c1. The van der Waals surface area contributed by atoms with Gasteiger partial charge in [0.2, 0.25) is 5.91 Å². The molecule has 5 heteroatoms. The molecule has 2 rings (SSSR count). The Hall–Kier alpha value is -2.35. The van der Waals surface area contributed by atoms with Crippen LogP contribution in [0.5, 0.6) is 0 Å². The first kappa shape index (κ1) is 11.1. The van der Waals surface area contributed by atoms with Crippen molar-refractivity contribution in [3.63, 3.8) is 0 Å². The Labute approximate surface area is 98.4 Å². The minimum atomic E-state index is -0.261. The molecule has 1 atom stereocenters. The van der Waals surface area contributed by atoms with Crippen molar-refractivity contribution in [3.8, 4) is 6.07 Å². The monoisotopic (exact) mass is 229 g/mol. The molecule has 2 N–H and O–H groups in total. The lowest BCUT2D eigenvalue weighted by Gasteiger charge is -2.10. The van der Waals surface area contributed by atoms with E-state index in [-0.39, 0.29) is 17.9 Å². The van der Waals surface area contributed by atoms with E-state index < -0.39 is 0 Å². The predicted octanol–water partition coefficient (Wildman–Crippen LogP) is 0.177. The molecule has 1 aliphatic heterocycles. The molecule has 86 valence electrons. The van der Waals surface area contributed by atoms with E-state index in [1.807, 2.05) is 6.07 Å². The Balaban J connectivity index is 2.04. The number of carbonyl (C=O) groups is 2. The molecular formula is C12H11N3O2. The average Bonchev–Trinajstić information content (AvgIpc) is 2.75. The second kappa shape index (κ2) is 4.66. The van der Waals surface area contributed by atoms with Gasteiger partial charge >= 0.3 is 0 Å². The first-order valence-electron chi connectivity index (χ1n) is 5.27. The van der Waals surface area contributed by atoms with E-state index in [1.54, 1.807) is 18.2 Å². The molecule has 1 saturated heterocycles. The lowest BCUT2D eigenvalue weighted by Crippen LogP contribution is -2.36. The van der Waals surface area contributed by atoms with Crippen LogP contribution in [0.1, 0.15) is 22.3 Å². The topological polar surface area (TPSA) is 82.0 Å². The maximum atomic E-state index is 11.8. The predicted molar refractivity (Wildman–Crippen MR) is 60.0 cm³/mol. The zero-order valence-corrected chi connectivity index (χ0v) is 9.06. The molecule has 1 heterocycles. The molecule has 0 aromatic heterocycles. The van der Waals surface area contributed by atoms with Crippen LogP contribution >= 0.6 is 0 Å². The Morgan fingerprint density at radius 1 is 1.53 bits per heavy atom. The quantitative estimate of drug-likeness (QED) is 0.758. The van der Waals surface area contributed by atoms with Gasteiger partial charge in [-0.3, -0.25) is 9.59 Å². The van der Waals surface area contributed by atoms with Crippen LogP contribution in [-0.4, -0.2) is 24.4 Å². The van der Waals surface area contributed by atoms with Crippen molar-refractivity contribution < 1.29 is 9.59 Å². The van der Waals surface area contributed by atoms with E-state index in [2.05, 4.69) is 10.6 Å². The van der Waals surface area contributed by atoms with Gasteiger partial charge in [0.1, 0.15) is 0 Å². The highest BCUT2D eigenvalue weighted by atomic mass is 16.2.